The Balaban J connectivity index is 0.000000264. The lowest BCUT2D eigenvalue weighted by atomic mass is 10.1. The van der Waals surface area contributed by atoms with Gasteiger partial charge in [0.2, 0.25) is 6.79 Å². The summed E-state index contributed by atoms with van der Waals surface area (Å²) in [6.07, 6.45) is 3.53. The quantitative estimate of drug-likeness (QED) is 0.145. The minimum Gasteiger partial charge on any atom is -0.454 e. The Labute approximate surface area is 288 Å². The summed E-state index contributed by atoms with van der Waals surface area (Å²) in [5.74, 6) is 1.55. The molecule has 2 aromatic carbocycles. The highest BCUT2D eigenvalue weighted by Crippen LogP contribution is 2.40. The number of hydrogen-bond donors (Lipinski definition) is 1. The van der Waals surface area contributed by atoms with Gasteiger partial charge in [0.15, 0.2) is 28.0 Å². The van der Waals surface area contributed by atoms with Gasteiger partial charge in [-0.2, -0.15) is 36.7 Å². The molecule has 4 rings (SSSR count). The maximum Gasteiger partial charge on any atom is 0.476 e. The van der Waals surface area contributed by atoms with Crippen LogP contribution in [0.15, 0.2) is 35.2 Å². The van der Waals surface area contributed by atoms with Crippen molar-refractivity contribution >= 4 is 50.6 Å². The Bertz CT molecular complexity index is 1660. The molecule has 0 saturated heterocycles. The smallest absolute Gasteiger partial charge is 0.454 e. The van der Waals surface area contributed by atoms with Crippen molar-refractivity contribution in [2.24, 2.45) is 0 Å². The number of nitrogen functional groups attached to an aromatic ring is 1. The predicted octanol–water partition coefficient (Wildman–Crippen LogP) is 8.73. The van der Waals surface area contributed by atoms with Gasteiger partial charge in [-0.3, -0.25) is 4.21 Å². The summed E-state index contributed by atoms with van der Waals surface area (Å²) in [7, 11) is -4.45. The molecule has 0 spiro atoms. The molecule has 1 aliphatic rings. The molecule has 0 bridgehead atoms. The third-order valence-corrected chi connectivity index (χ3v) is 10.6. The van der Waals surface area contributed by atoms with E-state index in [1.165, 1.54) is 43.7 Å². The van der Waals surface area contributed by atoms with Crippen LogP contribution in [0.5, 0.6) is 11.5 Å². The number of nitrogens with two attached hydrogens (primary N) is 1. The molecule has 3 aromatic rings. The zero-order valence-corrected chi connectivity index (χ0v) is 28.9. The second kappa shape index (κ2) is 17.1. The summed E-state index contributed by atoms with van der Waals surface area (Å²) < 4.78 is 111. The van der Waals surface area contributed by atoms with E-state index in [9.17, 15) is 34.8 Å². The lowest BCUT2D eigenvalue weighted by Crippen LogP contribution is -2.18. The van der Waals surface area contributed by atoms with E-state index >= 15 is 0 Å². The second-order valence-corrected chi connectivity index (χ2v) is 14.8. The molecule has 264 valence electrons. The standard InChI is InChI=1S/C18H28O3S.C12H4Cl2F6N4OS/c1-3-4-5-6-7-8-11-22(19)15(2)12-16-9-10-17-18(13-16)21-14-20-17;13-5-1-4(11(15,16)17)2-6(14)8(5)24-10(22)9(7(3-21)23-24)26(25)12(18,19)20/h9-10,13,15H,3-8,11-12,14H2,1-2H3;1-2H,22H2. The number of halogens is 8. The molecule has 2 N–H and O–H groups in total. The Hall–Kier alpha value is -3.00. The van der Waals surface area contributed by atoms with Crippen LogP contribution in [0.1, 0.15) is 69.2 Å². The molecule has 8 nitrogen and oxygen atoms in total. The number of alkyl halides is 6. The van der Waals surface area contributed by atoms with Crippen LogP contribution in [0.25, 0.3) is 5.69 Å². The topological polar surface area (TPSA) is 120 Å². The number of ether oxygens (including phenoxy) is 2. The van der Waals surface area contributed by atoms with Crippen molar-refractivity contribution in [3.63, 3.8) is 0 Å². The molecule has 0 aliphatic carbocycles. The van der Waals surface area contributed by atoms with Crippen LogP contribution in [0, 0.1) is 11.3 Å². The number of benzene rings is 2. The third-order valence-electron chi connectivity index (χ3n) is 7.04. The van der Waals surface area contributed by atoms with Crippen molar-refractivity contribution in [3.8, 4) is 23.3 Å². The molecule has 2 heterocycles. The zero-order chi connectivity index (χ0) is 35.8. The van der Waals surface area contributed by atoms with E-state index in [4.69, 9.17) is 43.7 Å². The van der Waals surface area contributed by atoms with E-state index in [0.717, 1.165) is 30.1 Å². The molecule has 48 heavy (non-hydrogen) atoms. The fourth-order valence-electron chi connectivity index (χ4n) is 4.61. The van der Waals surface area contributed by atoms with Crippen LogP contribution in [0.4, 0.5) is 32.2 Å². The highest BCUT2D eigenvalue weighted by Gasteiger charge is 2.43. The van der Waals surface area contributed by atoms with Gasteiger partial charge in [-0.1, -0.05) is 75.2 Å². The number of rotatable bonds is 12. The van der Waals surface area contributed by atoms with Gasteiger partial charge in [0, 0.05) is 21.8 Å². The number of aromatic nitrogens is 2. The van der Waals surface area contributed by atoms with E-state index < -0.39 is 71.0 Å². The lowest BCUT2D eigenvalue weighted by molar-refractivity contribution is -0.137. The minimum atomic E-state index is -5.25. The molecule has 0 radical (unpaired) electrons. The highest BCUT2D eigenvalue weighted by molar-refractivity contribution is 7.86. The summed E-state index contributed by atoms with van der Waals surface area (Å²) in [6, 6.07) is 8.20. The Morgan fingerprint density at radius 2 is 1.60 bits per heavy atom. The van der Waals surface area contributed by atoms with Gasteiger partial charge in [-0.25, -0.2) is 8.89 Å². The number of nitriles is 1. The van der Waals surface area contributed by atoms with Crippen molar-refractivity contribution in [2.45, 2.75) is 80.6 Å². The van der Waals surface area contributed by atoms with E-state index in [-0.39, 0.29) is 5.25 Å². The van der Waals surface area contributed by atoms with Crippen LogP contribution in [-0.4, -0.2) is 41.5 Å². The summed E-state index contributed by atoms with van der Waals surface area (Å²) >= 11 is 11.5. The Morgan fingerprint density at radius 3 is 2.19 bits per heavy atom. The van der Waals surface area contributed by atoms with Crippen LogP contribution >= 0.6 is 23.2 Å². The Morgan fingerprint density at radius 1 is 1.00 bits per heavy atom. The minimum absolute atomic E-state index is 0.191. The van der Waals surface area contributed by atoms with Gasteiger partial charge in [-0.05, 0) is 42.7 Å². The number of unbranched alkanes of at least 4 members (excludes halogenated alkanes) is 5. The summed E-state index contributed by atoms with van der Waals surface area (Å²) in [5, 5.41) is 11.2. The van der Waals surface area contributed by atoms with E-state index in [2.05, 4.69) is 18.9 Å². The normalized spacial score (nSPS) is 14.5. The van der Waals surface area contributed by atoms with Gasteiger partial charge in [0.1, 0.15) is 22.5 Å². The molecule has 1 aromatic heterocycles. The molecule has 3 unspecified atom stereocenters. The molecular formula is C30H32Cl2F6N4O4S2. The van der Waals surface area contributed by atoms with Gasteiger partial charge < -0.3 is 15.2 Å². The second-order valence-electron chi connectivity index (χ2n) is 10.6. The average Bonchev–Trinajstić information content (AvgIpc) is 3.61. The maximum absolute atomic E-state index is 12.7. The molecular weight excluding hydrogens is 729 g/mol. The first-order chi connectivity index (χ1) is 22.5. The van der Waals surface area contributed by atoms with Crippen LogP contribution in [0.2, 0.25) is 10.0 Å². The predicted molar refractivity (Wildman–Crippen MR) is 172 cm³/mol. The summed E-state index contributed by atoms with van der Waals surface area (Å²) in [4.78, 5) is -1.15. The first-order valence-corrected chi connectivity index (χ1v) is 17.9. The summed E-state index contributed by atoms with van der Waals surface area (Å²) in [5.41, 5.74) is -1.25. The average molecular weight is 762 g/mol. The first kappa shape index (κ1) is 39.4. The number of fused-ring (bicyclic) bond motifs is 1. The monoisotopic (exact) mass is 760 g/mol. The van der Waals surface area contributed by atoms with Gasteiger partial charge in [-0.15, -0.1) is 0 Å². The first-order valence-electron chi connectivity index (χ1n) is 14.6. The number of nitrogens with zero attached hydrogens (tertiary/aromatic N) is 3. The fourth-order valence-corrected chi connectivity index (χ4v) is 7.30. The maximum atomic E-state index is 12.7. The van der Waals surface area contributed by atoms with E-state index in [0.29, 0.717) is 23.6 Å². The van der Waals surface area contributed by atoms with Crippen molar-refractivity contribution in [1.29, 1.82) is 5.26 Å². The lowest BCUT2D eigenvalue weighted by Gasteiger charge is -2.13. The Kier molecular flexibility index (Phi) is 14.0. The number of anilines is 1. The molecule has 0 fully saturated rings. The van der Waals surface area contributed by atoms with Crippen LogP contribution < -0.4 is 15.2 Å². The molecule has 0 saturated carbocycles. The van der Waals surface area contributed by atoms with Crippen molar-refractivity contribution in [3.05, 3.63) is 57.2 Å². The van der Waals surface area contributed by atoms with E-state index in [1.54, 1.807) is 0 Å². The largest absolute Gasteiger partial charge is 0.476 e. The van der Waals surface area contributed by atoms with Gasteiger partial charge in [0.25, 0.3) is 0 Å². The van der Waals surface area contributed by atoms with Crippen molar-refractivity contribution in [1.82, 2.24) is 9.78 Å². The number of hydrogen-bond acceptors (Lipinski definition) is 7. The van der Waals surface area contributed by atoms with Crippen molar-refractivity contribution < 1.29 is 44.2 Å². The van der Waals surface area contributed by atoms with Gasteiger partial charge in [0.05, 0.1) is 15.6 Å². The SMILES string of the molecule is CCCCCCCCS(=O)C(C)Cc1ccc2c(c1)OCO2.N#Cc1nn(-c2c(Cl)cc(C(F)(F)F)cc2Cl)c(N)c1S(=O)C(F)(F)F. The van der Waals surface area contributed by atoms with Crippen LogP contribution in [-0.2, 0) is 34.2 Å². The van der Waals surface area contributed by atoms with E-state index in [1.807, 2.05) is 18.2 Å². The highest BCUT2D eigenvalue weighted by atomic mass is 35.5. The molecule has 3 atom stereocenters. The summed E-state index contributed by atoms with van der Waals surface area (Å²) in [6.45, 7) is 4.61. The van der Waals surface area contributed by atoms with Gasteiger partial charge >= 0.3 is 11.7 Å². The molecule has 18 heteroatoms. The van der Waals surface area contributed by atoms with Crippen LogP contribution in [0.3, 0.4) is 0 Å². The third kappa shape index (κ3) is 10.3. The molecule has 1 aliphatic heterocycles. The molecule has 0 amide bonds. The van der Waals surface area contributed by atoms with Crippen molar-refractivity contribution in [2.75, 3.05) is 18.3 Å². The fraction of sp³-hybridized carbons (Fsp3) is 0.467. The zero-order valence-electron chi connectivity index (χ0n) is 25.7.